The highest BCUT2D eigenvalue weighted by atomic mass is 35.5. The first-order valence-electron chi connectivity index (χ1n) is 9.86. The summed E-state index contributed by atoms with van der Waals surface area (Å²) < 4.78 is 6.97. The maximum absolute atomic E-state index is 13.0. The van der Waals surface area contributed by atoms with Gasteiger partial charge < -0.3 is 14.2 Å². The predicted molar refractivity (Wildman–Crippen MR) is 122 cm³/mol. The maximum Gasteiger partial charge on any atom is 0.326 e. The van der Waals surface area contributed by atoms with Gasteiger partial charge in [-0.25, -0.2) is 0 Å². The molecule has 31 heavy (non-hydrogen) atoms. The Morgan fingerprint density at radius 3 is 2.42 bits per heavy atom. The summed E-state index contributed by atoms with van der Waals surface area (Å²) in [4.78, 5) is 26.5. The summed E-state index contributed by atoms with van der Waals surface area (Å²) in [6.07, 6.45) is 0. The highest BCUT2D eigenvalue weighted by Crippen LogP contribution is 2.26. The molecule has 0 aliphatic heterocycles. The zero-order chi connectivity index (χ0) is 22.2. The number of para-hydroxylation sites is 1. The molecule has 2 aromatic carbocycles. The predicted octanol–water partition coefficient (Wildman–Crippen LogP) is 4.31. The van der Waals surface area contributed by atoms with Gasteiger partial charge in [-0.3, -0.25) is 9.59 Å². The van der Waals surface area contributed by atoms with E-state index in [-0.39, 0.29) is 24.8 Å². The summed E-state index contributed by atoms with van der Waals surface area (Å²) in [5.41, 5.74) is 1.53. The molecule has 9 heteroatoms. The molecular weight excluding hydrogens is 436 g/mol. The second-order valence-corrected chi connectivity index (χ2v) is 7.85. The van der Waals surface area contributed by atoms with Gasteiger partial charge in [0.2, 0.25) is 5.91 Å². The van der Waals surface area contributed by atoms with Crippen LogP contribution in [0.3, 0.4) is 0 Å². The molecule has 1 heterocycles. The van der Waals surface area contributed by atoms with Gasteiger partial charge in [0.1, 0.15) is 6.54 Å². The lowest BCUT2D eigenvalue weighted by Crippen LogP contribution is -2.37. The number of hydrogen-bond acceptors (Lipinski definition) is 6. The smallest absolute Gasteiger partial charge is 0.326 e. The zero-order valence-electron chi connectivity index (χ0n) is 17.3. The van der Waals surface area contributed by atoms with E-state index in [1.54, 1.807) is 31.2 Å². The van der Waals surface area contributed by atoms with E-state index in [0.29, 0.717) is 28.2 Å². The molecule has 3 aromatic rings. The summed E-state index contributed by atoms with van der Waals surface area (Å²) in [5, 5.41) is 9.83. The molecule has 0 aliphatic carbocycles. The van der Waals surface area contributed by atoms with Gasteiger partial charge in [-0.05, 0) is 50.2 Å². The van der Waals surface area contributed by atoms with Gasteiger partial charge in [-0.2, -0.15) is 0 Å². The van der Waals surface area contributed by atoms with Crippen LogP contribution in [0.4, 0.5) is 5.69 Å². The van der Waals surface area contributed by atoms with Crippen molar-refractivity contribution in [1.82, 2.24) is 14.8 Å². The second kappa shape index (κ2) is 11.0. The summed E-state index contributed by atoms with van der Waals surface area (Å²) in [6, 6.07) is 16.4. The molecule has 162 valence electrons. The van der Waals surface area contributed by atoms with Crippen LogP contribution in [-0.2, 0) is 20.9 Å². The fourth-order valence-corrected chi connectivity index (χ4v) is 3.97. The lowest BCUT2D eigenvalue weighted by atomic mass is 10.2. The average molecular weight is 459 g/mol. The molecule has 0 unspecified atom stereocenters. The Morgan fingerprint density at radius 1 is 1.06 bits per heavy atom. The Bertz CT molecular complexity index is 1020. The Balaban J connectivity index is 1.76. The largest absolute Gasteiger partial charge is 0.465 e. The standard InChI is InChI=1S/C22H23ClN4O3S/c1-3-26-21(16-10-12-17(23)13-11-16)24-25-22(26)31-15-19(28)27(14-20(29)30-4-2)18-8-6-5-7-9-18/h5-13H,3-4,14-15H2,1-2H3. The van der Waals surface area contributed by atoms with Crippen LogP contribution in [0.2, 0.25) is 5.02 Å². The minimum atomic E-state index is -0.452. The van der Waals surface area contributed by atoms with Crippen molar-refractivity contribution in [2.75, 3.05) is 23.8 Å². The molecular formula is C22H23ClN4O3S. The number of esters is 1. The van der Waals surface area contributed by atoms with Crippen molar-refractivity contribution in [3.63, 3.8) is 0 Å². The number of thioether (sulfide) groups is 1. The molecule has 3 rings (SSSR count). The third-order valence-electron chi connectivity index (χ3n) is 4.42. The fraction of sp³-hybridized carbons (Fsp3) is 0.273. The number of carbonyl (C=O) groups is 2. The first-order chi connectivity index (χ1) is 15.0. The number of anilines is 1. The minimum Gasteiger partial charge on any atom is -0.465 e. The quantitative estimate of drug-likeness (QED) is 0.351. The van der Waals surface area contributed by atoms with Crippen molar-refractivity contribution in [3.8, 4) is 11.4 Å². The maximum atomic E-state index is 13.0. The van der Waals surface area contributed by atoms with Crippen LogP contribution in [0, 0.1) is 0 Å². The number of hydrogen-bond donors (Lipinski definition) is 0. The normalized spacial score (nSPS) is 10.7. The highest BCUT2D eigenvalue weighted by Gasteiger charge is 2.21. The third-order valence-corrected chi connectivity index (χ3v) is 5.63. The minimum absolute atomic E-state index is 0.104. The van der Waals surface area contributed by atoms with Gasteiger partial charge in [-0.1, -0.05) is 41.6 Å². The molecule has 0 fully saturated rings. The van der Waals surface area contributed by atoms with Gasteiger partial charge in [0.25, 0.3) is 0 Å². The number of rotatable bonds is 9. The first kappa shape index (κ1) is 22.8. The number of benzene rings is 2. The van der Waals surface area contributed by atoms with Crippen LogP contribution >= 0.6 is 23.4 Å². The summed E-state index contributed by atoms with van der Waals surface area (Å²) in [7, 11) is 0. The van der Waals surface area contributed by atoms with Gasteiger partial charge in [0.05, 0.1) is 12.4 Å². The number of nitrogens with zero attached hydrogens (tertiary/aromatic N) is 4. The summed E-state index contributed by atoms with van der Waals surface area (Å²) in [6.45, 7) is 4.49. The van der Waals surface area contributed by atoms with E-state index in [1.165, 1.54) is 16.7 Å². The molecule has 0 N–H and O–H groups in total. The second-order valence-electron chi connectivity index (χ2n) is 6.47. The van der Waals surface area contributed by atoms with Gasteiger partial charge in [-0.15, -0.1) is 10.2 Å². The first-order valence-corrected chi connectivity index (χ1v) is 11.2. The van der Waals surface area contributed by atoms with Crippen molar-refractivity contribution in [2.24, 2.45) is 0 Å². The van der Waals surface area contributed by atoms with Crippen LogP contribution < -0.4 is 4.90 Å². The summed E-state index contributed by atoms with van der Waals surface area (Å²) >= 11 is 7.26. The SMILES string of the molecule is CCOC(=O)CN(C(=O)CSc1nnc(-c2ccc(Cl)cc2)n1CC)c1ccccc1. The van der Waals surface area contributed by atoms with E-state index >= 15 is 0 Å². The van der Waals surface area contributed by atoms with Crippen LogP contribution in [-0.4, -0.2) is 45.5 Å². The number of amides is 1. The Kier molecular flexibility index (Phi) is 8.08. The van der Waals surface area contributed by atoms with E-state index in [9.17, 15) is 9.59 Å². The fourth-order valence-electron chi connectivity index (χ4n) is 2.96. The monoisotopic (exact) mass is 458 g/mol. The van der Waals surface area contributed by atoms with Crippen molar-refractivity contribution >= 4 is 40.9 Å². The van der Waals surface area contributed by atoms with Crippen LogP contribution in [0.1, 0.15) is 13.8 Å². The molecule has 0 atom stereocenters. The topological polar surface area (TPSA) is 77.3 Å². The molecule has 1 aromatic heterocycles. The van der Waals surface area contributed by atoms with E-state index in [1.807, 2.05) is 41.8 Å². The van der Waals surface area contributed by atoms with Gasteiger partial charge in [0.15, 0.2) is 11.0 Å². The average Bonchev–Trinajstić information content (AvgIpc) is 3.20. The van der Waals surface area contributed by atoms with E-state index < -0.39 is 5.97 Å². The van der Waals surface area contributed by atoms with E-state index in [2.05, 4.69) is 10.2 Å². The lowest BCUT2D eigenvalue weighted by Gasteiger charge is -2.21. The van der Waals surface area contributed by atoms with Gasteiger partial charge in [0, 0.05) is 22.8 Å². The number of halogens is 1. The molecule has 1 amide bonds. The molecule has 0 radical (unpaired) electrons. The van der Waals surface area contributed by atoms with Crippen LogP contribution in [0.5, 0.6) is 0 Å². The molecule has 0 saturated carbocycles. The van der Waals surface area contributed by atoms with Crippen LogP contribution in [0.15, 0.2) is 59.8 Å². The Labute approximate surface area is 190 Å². The molecule has 0 aliphatic rings. The summed E-state index contributed by atoms with van der Waals surface area (Å²) in [5.74, 6) is 0.141. The van der Waals surface area contributed by atoms with E-state index in [0.717, 1.165) is 5.56 Å². The Hall–Kier alpha value is -2.84. The number of carbonyl (C=O) groups excluding carboxylic acids is 2. The van der Waals surface area contributed by atoms with E-state index in [4.69, 9.17) is 16.3 Å². The number of ether oxygens (including phenoxy) is 1. The number of aromatic nitrogens is 3. The Morgan fingerprint density at radius 2 is 1.77 bits per heavy atom. The van der Waals surface area contributed by atoms with Crippen molar-refractivity contribution in [2.45, 2.75) is 25.5 Å². The molecule has 7 nitrogen and oxygen atoms in total. The molecule has 0 bridgehead atoms. The van der Waals surface area contributed by atoms with Gasteiger partial charge >= 0.3 is 5.97 Å². The van der Waals surface area contributed by atoms with Crippen LogP contribution in [0.25, 0.3) is 11.4 Å². The third kappa shape index (κ3) is 5.86. The molecule has 0 saturated heterocycles. The zero-order valence-corrected chi connectivity index (χ0v) is 18.9. The van der Waals surface area contributed by atoms with Crippen molar-refractivity contribution < 1.29 is 14.3 Å². The van der Waals surface area contributed by atoms with Crippen molar-refractivity contribution in [3.05, 3.63) is 59.6 Å². The lowest BCUT2D eigenvalue weighted by molar-refractivity contribution is -0.142. The van der Waals surface area contributed by atoms with Crippen molar-refractivity contribution in [1.29, 1.82) is 0 Å². The highest BCUT2D eigenvalue weighted by molar-refractivity contribution is 7.99. The molecule has 0 spiro atoms.